The number of aromatic nitrogens is 4. The van der Waals surface area contributed by atoms with E-state index in [1.807, 2.05) is 47.4 Å². The van der Waals surface area contributed by atoms with Crippen LogP contribution in [0.5, 0.6) is 0 Å². The minimum atomic E-state index is -0.425. The van der Waals surface area contributed by atoms with Crippen LogP contribution in [0.1, 0.15) is 16.6 Å². The van der Waals surface area contributed by atoms with Gasteiger partial charge in [0.2, 0.25) is 11.1 Å². The third-order valence-corrected chi connectivity index (χ3v) is 5.47. The summed E-state index contributed by atoms with van der Waals surface area (Å²) in [6, 6.07) is 13.4. The summed E-state index contributed by atoms with van der Waals surface area (Å²) in [5, 5.41) is 12.1. The number of amides is 1. The van der Waals surface area contributed by atoms with Crippen LogP contribution in [0.3, 0.4) is 0 Å². The van der Waals surface area contributed by atoms with Gasteiger partial charge in [-0.05, 0) is 28.1 Å². The maximum Gasteiger partial charge on any atom is 0.240 e. The lowest BCUT2D eigenvalue weighted by Gasteiger charge is -2.30. The third kappa shape index (κ3) is 4.20. The van der Waals surface area contributed by atoms with Crippen LogP contribution in [0.25, 0.3) is 0 Å². The molecule has 0 spiro atoms. The van der Waals surface area contributed by atoms with Crippen LogP contribution >= 0.6 is 11.8 Å². The van der Waals surface area contributed by atoms with Gasteiger partial charge in [-0.3, -0.25) is 4.79 Å². The van der Waals surface area contributed by atoms with Crippen molar-refractivity contribution < 1.29 is 13.9 Å². The zero-order valence-electron chi connectivity index (χ0n) is 14.6. The maximum absolute atomic E-state index is 13.2. The van der Waals surface area contributed by atoms with Gasteiger partial charge in [0.15, 0.2) is 0 Å². The maximum atomic E-state index is 13.2. The Hall–Kier alpha value is -2.65. The van der Waals surface area contributed by atoms with Gasteiger partial charge in [0.25, 0.3) is 0 Å². The Morgan fingerprint density at radius 1 is 1.15 bits per heavy atom. The molecule has 27 heavy (non-hydrogen) atoms. The number of ether oxygens (including phenoxy) is 1. The van der Waals surface area contributed by atoms with Gasteiger partial charge in [0.1, 0.15) is 17.6 Å². The van der Waals surface area contributed by atoms with Crippen LogP contribution in [-0.2, 0) is 16.1 Å². The van der Waals surface area contributed by atoms with E-state index in [0.29, 0.717) is 38.0 Å². The van der Waals surface area contributed by atoms with Crippen molar-refractivity contribution in [3.8, 4) is 0 Å². The number of carbonyl (C=O) groups is 1. The second-order valence-electron chi connectivity index (χ2n) is 6.04. The van der Waals surface area contributed by atoms with E-state index in [9.17, 15) is 4.79 Å². The molecule has 9 heteroatoms. The first kappa shape index (κ1) is 17.7. The Kier molecular flexibility index (Phi) is 5.50. The lowest BCUT2D eigenvalue weighted by molar-refractivity contribution is -0.134. The smallest absolute Gasteiger partial charge is 0.240 e. The number of nitrogens with zero attached hydrogens (tertiary/aromatic N) is 5. The molecule has 8 nitrogen and oxygen atoms in total. The van der Waals surface area contributed by atoms with E-state index in [1.165, 1.54) is 11.8 Å². The molecule has 2 aromatic heterocycles. The fourth-order valence-electron chi connectivity index (χ4n) is 2.87. The summed E-state index contributed by atoms with van der Waals surface area (Å²) in [6.07, 6.45) is 1.61. The van der Waals surface area contributed by atoms with Gasteiger partial charge in [0.05, 0.1) is 19.5 Å². The lowest BCUT2D eigenvalue weighted by Crippen LogP contribution is -2.42. The predicted molar refractivity (Wildman–Crippen MR) is 98.1 cm³/mol. The first-order valence-corrected chi connectivity index (χ1v) is 9.56. The van der Waals surface area contributed by atoms with Gasteiger partial charge in [0, 0.05) is 13.1 Å². The minimum absolute atomic E-state index is 0.0436. The molecular formula is C18H19N5O3S. The highest BCUT2D eigenvalue weighted by Gasteiger charge is 2.30. The molecule has 1 saturated heterocycles. The second-order valence-corrected chi connectivity index (χ2v) is 7.12. The summed E-state index contributed by atoms with van der Waals surface area (Å²) in [5.74, 6) is 0.793. The molecule has 0 aliphatic carbocycles. The molecule has 0 saturated carbocycles. The van der Waals surface area contributed by atoms with Crippen molar-refractivity contribution in [2.45, 2.75) is 17.0 Å². The average molecular weight is 385 g/mol. The summed E-state index contributed by atoms with van der Waals surface area (Å²) in [7, 11) is 0. The van der Waals surface area contributed by atoms with Crippen molar-refractivity contribution in [1.29, 1.82) is 0 Å². The van der Waals surface area contributed by atoms with Crippen molar-refractivity contribution in [2.75, 3.05) is 26.3 Å². The number of morpholine rings is 1. The number of tetrazole rings is 1. The Labute approximate surface area is 160 Å². The van der Waals surface area contributed by atoms with E-state index in [2.05, 4.69) is 15.5 Å². The fraction of sp³-hybridized carbons (Fsp3) is 0.333. The van der Waals surface area contributed by atoms with Crippen molar-refractivity contribution >= 4 is 17.7 Å². The predicted octanol–water partition coefficient (Wildman–Crippen LogP) is 2.01. The first-order valence-electron chi connectivity index (χ1n) is 8.68. The van der Waals surface area contributed by atoms with Crippen LogP contribution in [0.15, 0.2) is 58.3 Å². The standard InChI is InChI=1S/C18H19N5O3S/c24-17(22-8-11-25-12-9-22)16(14-5-2-1-3-6-14)27-18-19-20-21-23(18)13-15-7-4-10-26-15/h1-7,10,16H,8-9,11-13H2. The van der Waals surface area contributed by atoms with E-state index < -0.39 is 5.25 Å². The van der Waals surface area contributed by atoms with Crippen LogP contribution in [-0.4, -0.2) is 57.3 Å². The van der Waals surface area contributed by atoms with Gasteiger partial charge in [-0.1, -0.05) is 42.1 Å². The van der Waals surface area contributed by atoms with E-state index >= 15 is 0 Å². The molecule has 1 fully saturated rings. The number of hydrogen-bond acceptors (Lipinski definition) is 7. The molecule has 0 bridgehead atoms. The number of furan rings is 1. The van der Waals surface area contributed by atoms with Crippen molar-refractivity contribution in [3.63, 3.8) is 0 Å². The van der Waals surface area contributed by atoms with E-state index in [0.717, 1.165) is 11.3 Å². The van der Waals surface area contributed by atoms with Crippen molar-refractivity contribution in [2.24, 2.45) is 0 Å². The highest BCUT2D eigenvalue weighted by molar-refractivity contribution is 8.00. The monoisotopic (exact) mass is 385 g/mol. The largest absolute Gasteiger partial charge is 0.467 e. The molecule has 4 rings (SSSR count). The number of rotatable bonds is 6. The molecule has 1 aliphatic heterocycles. The highest BCUT2D eigenvalue weighted by Crippen LogP contribution is 2.35. The van der Waals surface area contributed by atoms with Gasteiger partial charge >= 0.3 is 0 Å². The normalized spacial score (nSPS) is 15.6. The summed E-state index contributed by atoms with van der Waals surface area (Å²) in [5.41, 5.74) is 0.923. The second kappa shape index (κ2) is 8.36. The molecular weight excluding hydrogens is 366 g/mol. The molecule has 1 atom stereocenters. The quantitative estimate of drug-likeness (QED) is 0.600. The number of thioether (sulfide) groups is 1. The topological polar surface area (TPSA) is 86.3 Å². The molecule has 1 amide bonds. The summed E-state index contributed by atoms with van der Waals surface area (Å²) in [6.45, 7) is 2.73. The van der Waals surface area contributed by atoms with E-state index in [1.54, 1.807) is 10.9 Å². The fourth-order valence-corrected chi connectivity index (χ4v) is 3.93. The third-order valence-electron chi connectivity index (χ3n) is 4.26. The van der Waals surface area contributed by atoms with E-state index in [4.69, 9.17) is 9.15 Å². The Morgan fingerprint density at radius 2 is 1.96 bits per heavy atom. The van der Waals surface area contributed by atoms with Gasteiger partial charge < -0.3 is 14.1 Å². The molecule has 1 unspecified atom stereocenters. The van der Waals surface area contributed by atoms with Crippen molar-refractivity contribution in [3.05, 3.63) is 60.1 Å². The summed E-state index contributed by atoms with van der Waals surface area (Å²) in [4.78, 5) is 15.0. The Balaban J connectivity index is 1.58. The molecule has 3 heterocycles. The molecule has 0 N–H and O–H groups in total. The summed E-state index contributed by atoms with van der Waals surface area (Å²) >= 11 is 1.35. The Morgan fingerprint density at radius 3 is 2.70 bits per heavy atom. The van der Waals surface area contributed by atoms with Crippen LogP contribution in [0.2, 0.25) is 0 Å². The number of benzene rings is 1. The van der Waals surface area contributed by atoms with Crippen LogP contribution in [0, 0.1) is 0 Å². The van der Waals surface area contributed by atoms with Crippen LogP contribution in [0.4, 0.5) is 0 Å². The molecule has 0 radical (unpaired) electrons. The minimum Gasteiger partial charge on any atom is -0.467 e. The van der Waals surface area contributed by atoms with E-state index in [-0.39, 0.29) is 5.91 Å². The first-order chi connectivity index (χ1) is 13.3. The van der Waals surface area contributed by atoms with Crippen LogP contribution < -0.4 is 0 Å². The zero-order valence-corrected chi connectivity index (χ0v) is 15.4. The van der Waals surface area contributed by atoms with Gasteiger partial charge in [-0.25, -0.2) is 4.68 Å². The molecule has 140 valence electrons. The average Bonchev–Trinajstić information content (AvgIpc) is 3.39. The van der Waals surface area contributed by atoms with Crippen molar-refractivity contribution in [1.82, 2.24) is 25.1 Å². The number of carbonyl (C=O) groups excluding carboxylic acids is 1. The molecule has 3 aromatic rings. The summed E-state index contributed by atoms with van der Waals surface area (Å²) < 4.78 is 12.4. The lowest BCUT2D eigenvalue weighted by atomic mass is 10.1. The van der Waals surface area contributed by atoms with Gasteiger partial charge in [-0.15, -0.1) is 5.10 Å². The molecule has 1 aromatic carbocycles. The number of hydrogen-bond donors (Lipinski definition) is 0. The Bertz CT molecular complexity index is 862. The SMILES string of the molecule is O=C(C(Sc1nnnn1Cc1ccco1)c1ccccc1)N1CCOCC1. The zero-order chi connectivity index (χ0) is 18.5. The molecule has 1 aliphatic rings. The highest BCUT2D eigenvalue weighted by atomic mass is 32.2. The van der Waals surface area contributed by atoms with Gasteiger partial charge in [-0.2, -0.15) is 0 Å².